The number of nitrogens with one attached hydrogen (secondary N) is 2. The van der Waals surface area contributed by atoms with E-state index in [-0.39, 0.29) is 24.7 Å². The number of quaternary nitrogens is 1. The highest BCUT2D eigenvalue weighted by molar-refractivity contribution is 5.85. The van der Waals surface area contributed by atoms with Crippen molar-refractivity contribution in [3.63, 3.8) is 0 Å². The lowest BCUT2D eigenvalue weighted by Gasteiger charge is -2.59. The van der Waals surface area contributed by atoms with Crippen LogP contribution in [0.3, 0.4) is 0 Å². The van der Waals surface area contributed by atoms with Crippen molar-refractivity contribution in [3.05, 3.63) is 120 Å². The standard InChI is InChI=1S/C36H40N4O3/c1-3-26-23-40(22-25-10-6-4-7-11-25)19-17-28(26)20-34(40)35(30-16-18-37-32-15-14-29(43-2)21-31(30)32)39-36(42)38-33(24-41)27-12-8-5-9-13-27/h3-16,18,21,26,28,33-35,41H,1,17,19-20,22-24H2,2H3,(H-,38,39,42)/p+1/t26-,28-,33+,34-,35-,40+/m0/s1. The highest BCUT2D eigenvalue weighted by Crippen LogP contribution is 2.48. The van der Waals surface area contributed by atoms with Gasteiger partial charge >= 0.3 is 6.03 Å². The number of aliphatic hydroxyl groups is 1. The number of aliphatic hydroxyl groups excluding tert-OH is 1. The van der Waals surface area contributed by atoms with E-state index in [1.807, 2.05) is 60.8 Å². The summed E-state index contributed by atoms with van der Waals surface area (Å²) < 4.78 is 6.48. The van der Waals surface area contributed by atoms with E-state index in [9.17, 15) is 9.90 Å². The fraction of sp³-hybridized carbons (Fsp3) is 0.333. The summed E-state index contributed by atoms with van der Waals surface area (Å²) in [6.07, 6.45) is 6.10. The highest BCUT2D eigenvalue weighted by Gasteiger charge is 2.54. The molecule has 4 heterocycles. The number of ether oxygens (including phenoxy) is 1. The number of nitrogens with zero attached hydrogens (tertiary/aromatic N) is 2. The molecule has 3 N–H and O–H groups in total. The quantitative estimate of drug-likeness (QED) is 0.161. The molecular formula is C36H41N4O3+. The third-order valence-corrected chi connectivity index (χ3v) is 9.69. The summed E-state index contributed by atoms with van der Waals surface area (Å²) in [5.41, 5.74) is 4.04. The lowest BCUT2D eigenvalue weighted by Crippen LogP contribution is -2.69. The summed E-state index contributed by atoms with van der Waals surface area (Å²) in [5, 5.41) is 17.6. The zero-order valence-corrected chi connectivity index (χ0v) is 24.7. The van der Waals surface area contributed by atoms with E-state index >= 15 is 0 Å². The molecule has 7 nitrogen and oxygen atoms in total. The van der Waals surface area contributed by atoms with Gasteiger partial charge in [-0.1, -0.05) is 66.7 Å². The molecule has 222 valence electrons. The van der Waals surface area contributed by atoms with Crippen LogP contribution < -0.4 is 15.4 Å². The number of pyridine rings is 1. The summed E-state index contributed by atoms with van der Waals surface area (Å²) in [5.74, 6) is 1.71. The smallest absolute Gasteiger partial charge is 0.316 e. The fourth-order valence-electron chi connectivity index (χ4n) is 7.54. The van der Waals surface area contributed by atoms with Gasteiger partial charge in [0.25, 0.3) is 0 Å². The number of piperidine rings is 3. The fourth-order valence-corrected chi connectivity index (χ4v) is 7.54. The lowest BCUT2D eigenvalue weighted by atomic mass is 9.70. The number of urea groups is 1. The van der Waals surface area contributed by atoms with Gasteiger partial charge in [0.15, 0.2) is 0 Å². The maximum absolute atomic E-state index is 13.9. The molecule has 3 saturated heterocycles. The minimum absolute atomic E-state index is 0.127. The van der Waals surface area contributed by atoms with Crippen molar-refractivity contribution in [2.75, 3.05) is 26.8 Å². The van der Waals surface area contributed by atoms with Crippen LogP contribution in [-0.4, -0.2) is 53.5 Å². The van der Waals surface area contributed by atoms with Gasteiger partial charge in [-0.3, -0.25) is 4.98 Å². The number of aromatic nitrogens is 1. The molecule has 0 radical (unpaired) electrons. The Morgan fingerprint density at radius 1 is 1.09 bits per heavy atom. The van der Waals surface area contributed by atoms with Gasteiger partial charge in [-0.2, -0.15) is 0 Å². The summed E-state index contributed by atoms with van der Waals surface area (Å²) in [7, 11) is 1.67. The Labute approximate surface area is 253 Å². The largest absolute Gasteiger partial charge is 0.497 e. The second-order valence-corrected chi connectivity index (χ2v) is 12.0. The van der Waals surface area contributed by atoms with Crippen LogP contribution in [0.5, 0.6) is 5.75 Å². The first-order valence-corrected chi connectivity index (χ1v) is 15.2. The third kappa shape index (κ3) is 5.88. The van der Waals surface area contributed by atoms with Gasteiger partial charge in [-0.05, 0) is 41.3 Å². The van der Waals surface area contributed by atoms with Gasteiger partial charge in [0.2, 0.25) is 0 Å². The second-order valence-electron chi connectivity index (χ2n) is 12.0. The molecular weight excluding hydrogens is 536 g/mol. The number of carbonyl (C=O) groups is 1. The number of carbonyl (C=O) groups excluding carboxylic acids is 1. The SMILES string of the molecule is C=C[C@H]1C[N@+]2(Cc3ccccc3)CC[C@H]1C[C@H]2[C@@H](NC(=O)N[C@H](CO)c1ccccc1)c1ccnc2ccc(OC)cc12. The van der Waals surface area contributed by atoms with Crippen molar-refractivity contribution in [3.8, 4) is 5.75 Å². The number of amides is 2. The van der Waals surface area contributed by atoms with Gasteiger partial charge < -0.3 is 25.0 Å². The molecule has 0 unspecified atom stereocenters. The number of hydrogen-bond acceptors (Lipinski definition) is 4. The number of fused-ring (bicyclic) bond motifs is 4. The predicted molar refractivity (Wildman–Crippen MR) is 169 cm³/mol. The molecule has 2 amide bonds. The van der Waals surface area contributed by atoms with Crippen molar-refractivity contribution in [2.24, 2.45) is 11.8 Å². The first kappa shape index (κ1) is 28.9. The van der Waals surface area contributed by atoms with Crippen molar-refractivity contribution < 1.29 is 19.1 Å². The molecule has 43 heavy (non-hydrogen) atoms. The number of methoxy groups -OCH3 is 1. The van der Waals surface area contributed by atoms with E-state index in [0.717, 1.165) is 64.7 Å². The molecule has 3 aliphatic heterocycles. The normalized spacial score (nSPS) is 24.2. The molecule has 6 atom stereocenters. The van der Waals surface area contributed by atoms with Crippen LogP contribution in [0.4, 0.5) is 4.79 Å². The van der Waals surface area contributed by atoms with Crippen LogP contribution in [0.2, 0.25) is 0 Å². The minimum atomic E-state index is -0.517. The monoisotopic (exact) mass is 577 g/mol. The first-order chi connectivity index (χ1) is 21.0. The third-order valence-electron chi connectivity index (χ3n) is 9.69. The van der Waals surface area contributed by atoms with E-state index in [1.165, 1.54) is 5.56 Å². The maximum Gasteiger partial charge on any atom is 0.316 e. The van der Waals surface area contributed by atoms with Crippen LogP contribution in [0, 0.1) is 11.8 Å². The Hall–Kier alpha value is -4.20. The van der Waals surface area contributed by atoms with Crippen LogP contribution in [0.15, 0.2) is 104 Å². The molecule has 3 fully saturated rings. The van der Waals surface area contributed by atoms with Crippen LogP contribution in [0.1, 0.15) is 41.6 Å². The Morgan fingerprint density at radius 2 is 1.86 bits per heavy atom. The highest BCUT2D eigenvalue weighted by atomic mass is 16.5. The van der Waals surface area contributed by atoms with Crippen LogP contribution in [0.25, 0.3) is 10.9 Å². The van der Waals surface area contributed by atoms with Crippen LogP contribution in [-0.2, 0) is 6.54 Å². The van der Waals surface area contributed by atoms with E-state index in [0.29, 0.717) is 11.8 Å². The molecule has 3 aromatic carbocycles. The average Bonchev–Trinajstić information content (AvgIpc) is 3.06. The Balaban J connectivity index is 1.42. The Kier molecular flexibility index (Phi) is 8.45. The number of rotatable bonds is 10. The topological polar surface area (TPSA) is 83.5 Å². The van der Waals surface area contributed by atoms with Gasteiger partial charge in [0.05, 0.1) is 38.4 Å². The molecule has 3 aliphatic rings. The summed E-state index contributed by atoms with van der Waals surface area (Å²) in [6, 6.07) is 27.2. The van der Waals surface area contributed by atoms with Gasteiger partial charge in [-0.15, -0.1) is 6.58 Å². The Morgan fingerprint density at radius 3 is 2.58 bits per heavy atom. The van der Waals surface area contributed by atoms with Gasteiger partial charge in [0.1, 0.15) is 24.4 Å². The van der Waals surface area contributed by atoms with Gasteiger partial charge in [0, 0.05) is 35.9 Å². The molecule has 2 bridgehead atoms. The molecule has 7 heteroatoms. The maximum atomic E-state index is 13.9. The van der Waals surface area contributed by atoms with E-state index in [4.69, 9.17) is 4.74 Å². The van der Waals surface area contributed by atoms with E-state index in [2.05, 4.69) is 58.6 Å². The summed E-state index contributed by atoms with van der Waals surface area (Å²) in [4.78, 5) is 18.5. The second kappa shape index (κ2) is 12.6. The molecule has 1 aromatic heterocycles. The molecule has 4 aromatic rings. The summed E-state index contributed by atoms with van der Waals surface area (Å²) >= 11 is 0. The average molecular weight is 578 g/mol. The molecule has 0 saturated carbocycles. The van der Waals surface area contributed by atoms with Crippen molar-refractivity contribution >= 4 is 16.9 Å². The Bertz CT molecular complexity index is 1560. The molecule has 0 spiro atoms. The minimum Gasteiger partial charge on any atom is -0.497 e. The lowest BCUT2D eigenvalue weighted by molar-refractivity contribution is -0.983. The zero-order chi connectivity index (χ0) is 29.8. The van der Waals surface area contributed by atoms with Crippen LogP contribution >= 0.6 is 0 Å². The van der Waals surface area contributed by atoms with Crippen molar-refractivity contribution in [1.82, 2.24) is 15.6 Å². The molecule has 0 aliphatic carbocycles. The van der Waals surface area contributed by atoms with E-state index < -0.39 is 6.04 Å². The van der Waals surface area contributed by atoms with Gasteiger partial charge in [-0.25, -0.2) is 4.79 Å². The van der Waals surface area contributed by atoms with Crippen molar-refractivity contribution in [2.45, 2.75) is 37.5 Å². The summed E-state index contributed by atoms with van der Waals surface area (Å²) in [6.45, 7) is 6.94. The molecule has 7 rings (SSSR count). The number of hydrogen-bond donors (Lipinski definition) is 3. The zero-order valence-electron chi connectivity index (χ0n) is 24.7. The van der Waals surface area contributed by atoms with E-state index in [1.54, 1.807) is 7.11 Å². The van der Waals surface area contributed by atoms with Crippen molar-refractivity contribution in [1.29, 1.82) is 0 Å². The number of benzene rings is 3. The first-order valence-electron chi connectivity index (χ1n) is 15.2. The predicted octanol–water partition coefficient (Wildman–Crippen LogP) is 5.93.